The average molecular weight is 532 g/mol. The molecule has 2 unspecified atom stereocenters. The van der Waals surface area contributed by atoms with E-state index in [4.69, 9.17) is 9.47 Å². The van der Waals surface area contributed by atoms with Gasteiger partial charge in [-0.15, -0.1) is 5.10 Å². The van der Waals surface area contributed by atoms with Crippen molar-refractivity contribution in [1.82, 2.24) is 30.4 Å². The van der Waals surface area contributed by atoms with Crippen LogP contribution in [0.25, 0.3) is 0 Å². The van der Waals surface area contributed by atoms with Crippen LogP contribution in [0.5, 0.6) is 11.5 Å². The Bertz CT molecular complexity index is 1100. The number of rotatable bonds is 13. The monoisotopic (exact) mass is 531 g/mol. The van der Waals surface area contributed by atoms with E-state index in [1.165, 1.54) is 0 Å². The lowest BCUT2D eigenvalue weighted by molar-refractivity contribution is -0.307. The van der Waals surface area contributed by atoms with E-state index in [0.29, 0.717) is 56.2 Å². The quantitative estimate of drug-likeness (QED) is 0.376. The second-order valence-corrected chi connectivity index (χ2v) is 10.9. The van der Waals surface area contributed by atoms with Gasteiger partial charge in [-0.05, 0) is 58.4 Å². The first-order valence-electron chi connectivity index (χ1n) is 12.9. The molecule has 38 heavy (non-hydrogen) atoms. The second-order valence-electron chi connectivity index (χ2n) is 10.9. The number of aliphatic hydroxyl groups is 1. The molecule has 0 bridgehead atoms. The zero-order chi connectivity index (χ0) is 27.9. The highest BCUT2D eigenvalue weighted by atomic mass is 16.5. The topological polar surface area (TPSA) is 155 Å². The van der Waals surface area contributed by atoms with Gasteiger partial charge in [-0.2, -0.15) is 0 Å². The predicted octanol–water partition coefficient (Wildman–Crippen LogP) is 0.623. The Balaban J connectivity index is 1.59. The molecule has 0 fully saturated rings. The number of hydrogen-bond acceptors (Lipinski definition) is 10. The first-order chi connectivity index (χ1) is 18.0. The third-order valence-corrected chi connectivity index (χ3v) is 6.52. The van der Waals surface area contributed by atoms with Crippen LogP contribution in [0.4, 0.5) is 0 Å². The lowest BCUT2D eigenvalue weighted by Gasteiger charge is -2.30. The molecule has 0 saturated carbocycles. The first kappa shape index (κ1) is 29.3. The van der Waals surface area contributed by atoms with Crippen molar-refractivity contribution in [3.63, 3.8) is 0 Å². The summed E-state index contributed by atoms with van der Waals surface area (Å²) >= 11 is 0. The lowest BCUT2D eigenvalue weighted by Crippen LogP contribution is -2.37. The Morgan fingerprint density at radius 1 is 1.18 bits per heavy atom. The standard InChI is InChI=1S/C26H40N6O6/c1-26(2,3)14-20(27-15-19(33)13-24(35)36)25-28-29-30-32(25)9-6-7-23(34)31-10-8-17-11-21(37-4)22(38-5)12-18(17)16-31/h11-12,19-20,27,33H,6-10,13-16H2,1-5H3,(H,35,36)/p-1. The number of aryl methyl sites for hydroxylation is 1. The summed E-state index contributed by atoms with van der Waals surface area (Å²) in [5, 5.41) is 36.1. The number of nitrogens with one attached hydrogen (secondary N) is 1. The number of carboxylic acid groups (broad SMARTS) is 1. The van der Waals surface area contributed by atoms with Crippen LogP contribution in [-0.4, -0.2) is 75.5 Å². The molecule has 1 aromatic carbocycles. The number of carboxylic acids is 1. The SMILES string of the molecule is COc1cc2c(cc1OC)CN(C(=O)CCCn1nnnc1C(CC(C)(C)C)NCC(O)CC(=O)[O-])CC2. The van der Waals surface area contributed by atoms with Crippen LogP contribution in [0.15, 0.2) is 12.1 Å². The maximum absolute atomic E-state index is 13.0. The highest BCUT2D eigenvalue weighted by Crippen LogP contribution is 2.33. The van der Waals surface area contributed by atoms with Gasteiger partial charge >= 0.3 is 0 Å². The van der Waals surface area contributed by atoms with Crippen molar-refractivity contribution >= 4 is 11.9 Å². The van der Waals surface area contributed by atoms with E-state index in [2.05, 4.69) is 41.6 Å². The number of aliphatic carboxylic acids is 1. The van der Waals surface area contributed by atoms with Crippen LogP contribution in [0.3, 0.4) is 0 Å². The van der Waals surface area contributed by atoms with Gasteiger partial charge in [0.15, 0.2) is 17.3 Å². The van der Waals surface area contributed by atoms with E-state index in [-0.39, 0.29) is 23.9 Å². The molecule has 1 aliphatic rings. The molecule has 210 valence electrons. The largest absolute Gasteiger partial charge is 0.550 e. The van der Waals surface area contributed by atoms with Gasteiger partial charge < -0.3 is 34.7 Å². The summed E-state index contributed by atoms with van der Waals surface area (Å²) in [4.78, 5) is 25.7. The smallest absolute Gasteiger partial charge is 0.222 e. The third kappa shape index (κ3) is 8.12. The fourth-order valence-electron chi connectivity index (χ4n) is 4.66. The fourth-order valence-corrected chi connectivity index (χ4v) is 4.66. The van der Waals surface area contributed by atoms with Crippen molar-refractivity contribution in [2.75, 3.05) is 27.3 Å². The molecule has 0 radical (unpaired) electrons. The van der Waals surface area contributed by atoms with E-state index >= 15 is 0 Å². The molecule has 1 aliphatic heterocycles. The van der Waals surface area contributed by atoms with Crippen molar-refractivity contribution in [3.05, 3.63) is 29.1 Å². The molecular formula is C26H39N6O6-. The van der Waals surface area contributed by atoms with Crippen molar-refractivity contribution in [2.45, 2.75) is 78.1 Å². The van der Waals surface area contributed by atoms with Crippen molar-refractivity contribution in [1.29, 1.82) is 0 Å². The molecule has 2 aromatic rings. The van der Waals surface area contributed by atoms with E-state index < -0.39 is 18.5 Å². The van der Waals surface area contributed by atoms with Gasteiger partial charge in [0.05, 0.1) is 26.4 Å². The van der Waals surface area contributed by atoms with Gasteiger partial charge in [0.1, 0.15) is 0 Å². The minimum absolute atomic E-state index is 0.0627. The van der Waals surface area contributed by atoms with Gasteiger partial charge in [0.25, 0.3) is 0 Å². The number of ether oxygens (including phenoxy) is 2. The van der Waals surface area contributed by atoms with E-state index in [9.17, 15) is 19.8 Å². The number of carbonyl (C=O) groups is 2. The summed E-state index contributed by atoms with van der Waals surface area (Å²) < 4.78 is 12.5. The second kappa shape index (κ2) is 13.0. The molecule has 2 heterocycles. The Kier molecular flexibility index (Phi) is 10.0. The number of fused-ring (bicyclic) bond motifs is 1. The Morgan fingerprint density at radius 2 is 1.87 bits per heavy atom. The molecule has 0 spiro atoms. The maximum atomic E-state index is 13.0. The minimum atomic E-state index is -1.31. The normalized spacial score (nSPS) is 15.1. The fraction of sp³-hybridized carbons (Fsp3) is 0.654. The number of aromatic nitrogens is 4. The Hall–Kier alpha value is -3.25. The minimum Gasteiger partial charge on any atom is -0.550 e. The highest BCUT2D eigenvalue weighted by Gasteiger charge is 2.26. The molecule has 1 amide bonds. The number of hydrogen-bond donors (Lipinski definition) is 2. The van der Waals surface area contributed by atoms with Crippen LogP contribution in [0, 0.1) is 5.41 Å². The number of aliphatic hydroxyl groups excluding tert-OH is 1. The average Bonchev–Trinajstić information content (AvgIpc) is 3.32. The van der Waals surface area contributed by atoms with E-state index in [0.717, 1.165) is 17.5 Å². The molecular weight excluding hydrogens is 492 g/mol. The Morgan fingerprint density at radius 3 is 2.50 bits per heavy atom. The molecule has 2 atom stereocenters. The lowest BCUT2D eigenvalue weighted by atomic mass is 9.87. The van der Waals surface area contributed by atoms with Gasteiger partial charge in [0, 0.05) is 45.0 Å². The van der Waals surface area contributed by atoms with E-state index in [1.54, 1.807) is 18.9 Å². The van der Waals surface area contributed by atoms with Crippen molar-refractivity contribution < 1.29 is 29.3 Å². The van der Waals surface area contributed by atoms with Gasteiger partial charge in [-0.3, -0.25) is 4.79 Å². The molecule has 0 aliphatic carbocycles. The number of amides is 1. The van der Waals surface area contributed by atoms with Gasteiger partial charge in [-0.25, -0.2) is 4.68 Å². The summed E-state index contributed by atoms with van der Waals surface area (Å²) in [6, 6.07) is 3.62. The number of carbonyl (C=O) groups excluding carboxylic acids is 2. The molecule has 12 nitrogen and oxygen atoms in total. The molecule has 2 N–H and O–H groups in total. The first-order valence-corrected chi connectivity index (χ1v) is 12.9. The summed E-state index contributed by atoms with van der Waals surface area (Å²) in [6.45, 7) is 7.91. The van der Waals surface area contributed by atoms with Crippen LogP contribution in [0.2, 0.25) is 0 Å². The number of tetrazole rings is 1. The Labute approximate surface area is 223 Å². The van der Waals surface area contributed by atoms with Crippen molar-refractivity contribution in [3.8, 4) is 11.5 Å². The van der Waals surface area contributed by atoms with Crippen LogP contribution in [0.1, 0.15) is 69.4 Å². The zero-order valence-electron chi connectivity index (χ0n) is 22.9. The summed E-state index contributed by atoms with van der Waals surface area (Å²) in [5.74, 6) is 0.682. The van der Waals surface area contributed by atoms with Gasteiger partial charge in [0.2, 0.25) is 5.91 Å². The molecule has 1 aromatic heterocycles. The maximum Gasteiger partial charge on any atom is 0.222 e. The summed E-state index contributed by atoms with van der Waals surface area (Å²) in [5.41, 5.74) is 2.13. The predicted molar refractivity (Wildman–Crippen MR) is 136 cm³/mol. The van der Waals surface area contributed by atoms with Crippen LogP contribution in [-0.2, 0) is 29.1 Å². The number of benzene rings is 1. The van der Waals surface area contributed by atoms with E-state index in [1.807, 2.05) is 17.0 Å². The number of nitrogens with zero attached hydrogens (tertiary/aromatic N) is 5. The summed E-state index contributed by atoms with van der Waals surface area (Å²) in [6.07, 6.45) is 0.781. The number of methoxy groups -OCH3 is 2. The van der Waals surface area contributed by atoms with Crippen LogP contribution < -0.4 is 19.9 Å². The molecule has 12 heteroatoms. The van der Waals surface area contributed by atoms with Gasteiger partial charge in [-0.1, -0.05) is 20.8 Å². The summed E-state index contributed by atoms with van der Waals surface area (Å²) in [7, 11) is 3.21. The zero-order valence-corrected chi connectivity index (χ0v) is 22.9. The van der Waals surface area contributed by atoms with Crippen LogP contribution >= 0.6 is 0 Å². The van der Waals surface area contributed by atoms with Crippen molar-refractivity contribution in [2.24, 2.45) is 5.41 Å². The highest BCUT2D eigenvalue weighted by molar-refractivity contribution is 5.76. The molecule has 3 rings (SSSR count). The molecule has 0 saturated heterocycles. The third-order valence-electron chi connectivity index (χ3n) is 6.52.